The van der Waals surface area contributed by atoms with Crippen LogP contribution < -0.4 is 5.32 Å². The van der Waals surface area contributed by atoms with E-state index in [1.807, 2.05) is 6.07 Å². The maximum Gasteiger partial charge on any atom is 0.142 e. The number of aryl methyl sites for hydroxylation is 1. The molecule has 1 unspecified atom stereocenters. The number of nitrogens with one attached hydrogen (secondary N) is 1. The van der Waals surface area contributed by atoms with E-state index in [9.17, 15) is 4.39 Å². The number of likely N-dealkylation sites (N-methyl/N-ethyl adjacent to an activating group) is 1. The van der Waals surface area contributed by atoms with E-state index < -0.39 is 0 Å². The highest BCUT2D eigenvalue weighted by atomic mass is 35.5. The van der Waals surface area contributed by atoms with Crippen molar-refractivity contribution in [3.63, 3.8) is 0 Å². The van der Waals surface area contributed by atoms with Crippen LogP contribution in [0.5, 0.6) is 0 Å². The van der Waals surface area contributed by atoms with E-state index in [1.54, 1.807) is 6.07 Å². The van der Waals surface area contributed by atoms with Gasteiger partial charge in [0.2, 0.25) is 0 Å². The topological polar surface area (TPSA) is 12.0 Å². The summed E-state index contributed by atoms with van der Waals surface area (Å²) in [6.07, 6.45) is 0.829. The first-order valence-electron chi connectivity index (χ1n) is 6.84. The second-order valence-corrected chi connectivity index (χ2v) is 5.38. The Labute approximate surface area is 124 Å². The van der Waals surface area contributed by atoms with Crippen molar-refractivity contribution in [2.75, 3.05) is 6.54 Å². The fourth-order valence-electron chi connectivity index (χ4n) is 2.24. The molecule has 106 valence electrons. The first-order chi connectivity index (χ1) is 9.60. The van der Waals surface area contributed by atoms with Gasteiger partial charge >= 0.3 is 0 Å². The van der Waals surface area contributed by atoms with Gasteiger partial charge in [-0.05, 0) is 43.1 Å². The lowest BCUT2D eigenvalue weighted by Gasteiger charge is -2.19. The number of halogens is 2. The summed E-state index contributed by atoms with van der Waals surface area (Å²) in [7, 11) is 0. The van der Waals surface area contributed by atoms with Crippen molar-refractivity contribution in [1.29, 1.82) is 0 Å². The van der Waals surface area contributed by atoms with Crippen LogP contribution in [0.25, 0.3) is 0 Å². The summed E-state index contributed by atoms with van der Waals surface area (Å²) in [5.41, 5.74) is 3.40. The molecule has 0 saturated carbocycles. The highest BCUT2D eigenvalue weighted by Crippen LogP contribution is 2.23. The number of rotatable bonds is 5. The molecule has 0 aliphatic carbocycles. The van der Waals surface area contributed by atoms with Crippen LogP contribution in [0, 0.1) is 12.7 Å². The minimum Gasteiger partial charge on any atom is -0.310 e. The molecule has 0 radical (unpaired) electrons. The summed E-state index contributed by atoms with van der Waals surface area (Å²) in [5.74, 6) is -0.365. The van der Waals surface area contributed by atoms with Crippen molar-refractivity contribution in [3.8, 4) is 0 Å². The Morgan fingerprint density at radius 1 is 1.15 bits per heavy atom. The van der Waals surface area contributed by atoms with Gasteiger partial charge in [0.05, 0.1) is 5.02 Å². The summed E-state index contributed by atoms with van der Waals surface area (Å²) < 4.78 is 13.6. The van der Waals surface area contributed by atoms with Gasteiger partial charge < -0.3 is 5.32 Å². The molecule has 0 aromatic heterocycles. The molecule has 0 aliphatic rings. The van der Waals surface area contributed by atoms with Crippen molar-refractivity contribution in [2.24, 2.45) is 0 Å². The van der Waals surface area contributed by atoms with E-state index in [0.29, 0.717) is 0 Å². The van der Waals surface area contributed by atoms with Crippen molar-refractivity contribution in [3.05, 3.63) is 70.0 Å². The van der Waals surface area contributed by atoms with E-state index in [0.717, 1.165) is 18.5 Å². The summed E-state index contributed by atoms with van der Waals surface area (Å²) >= 11 is 5.74. The molecule has 3 heteroatoms. The highest BCUT2D eigenvalue weighted by molar-refractivity contribution is 6.30. The Kier molecular flexibility index (Phi) is 5.16. The second kappa shape index (κ2) is 6.87. The number of hydrogen-bond acceptors (Lipinski definition) is 1. The molecule has 2 aromatic rings. The van der Waals surface area contributed by atoms with Gasteiger partial charge in [-0.25, -0.2) is 4.39 Å². The average molecular weight is 292 g/mol. The molecule has 0 aliphatic heterocycles. The lowest BCUT2D eigenvalue weighted by atomic mass is 9.98. The molecular weight excluding hydrogens is 273 g/mol. The van der Waals surface area contributed by atoms with E-state index in [-0.39, 0.29) is 16.9 Å². The summed E-state index contributed by atoms with van der Waals surface area (Å²) in [5, 5.41) is 3.56. The van der Waals surface area contributed by atoms with Crippen molar-refractivity contribution < 1.29 is 4.39 Å². The molecule has 1 N–H and O–H groups in total. The summed E-state index contributed by atoms with van der Waals surface area (Å²) in [6.45, 7) is 4.95. The molecule has 0 heterocycles. The summed E-state index contributed by atoms with van der Waals surface area (Å²) in [6, 6.07) is 13.5. The van der Waals surface area contributed by atoms with Gasteiger partial charge in [0.25, 0.3) is 0 Å². The zero-order valence-corrected chi connectivity index (χ0v) is 12.5. The van der Waals surface area contributed by atoms with E-state index in [1.165, 1.54) is 17.2 Å². The normalized spacial score (nSPS) is 12.4. The Hall–Kier alpha value is -1.38. The Morgan fingerprint density at radius 3 is 2.45 bits per heavy atom. The molecule has 2 rings (SSSR count). The maximum atomic E-state index is 13.6. The van der Waals surface area contributed by atoms with Gasteiger partial charge in [-0.1, -0.05) is 54.4 Å². The largest absolute Gasteiger partial charge is 0.310 e. The highest BCUT2D eigenvalue weighted by Gasteiger charge is 2.13. The van der Waals surface area contributed by atoms with Crippen LogP contribution in [0.15, 0.2) is 42.5 Å². The number of benzene rings is 2. The minimum absolute atomic E-state index is 0.0921. The molecular formula is C17H19ClFN. The monoisotopic (exact) mass is 291 g/mol. The first-order valence-corrected chi connectivity index (χ1v) is 7.22. The maximum absolute atomic E-state index is 13.6. The molecule has 20 heavy (non-hydrogen) atoms. The molecule has 1 nitrogen and oxygen atoms in total. The van der Waals surface area contributed by atoms with Gasteiger partial charge in [-0.3, -0.25) is 0 Å². The van der Waals surface area contributed by atoms with Crippen molar-refractivity contribution in [1.82, 2.24) is 5.32 Å². The second-order valence-electron chi connectivity index (χ2n) is 4.97. The van der Waals surface area contributed by atoms with Crippen LogP contribution in [0.3, 0.4) is 0 Å². The SMILES string of the molecule is CCNC(Cc1ccc(C)cc1)c1ccc(Cl)c(F)c1. The standard InChI is InChI=1S/C17H19ClFN/c1-3-20-17(10-13-6-4-12(2)5-7-13)14-8-9-15(18)16(19)11-14/h4-9,11,17,20H,3,10H2,1-2H3. The smallest absolute Gasteiger partial charge is 0.142 e. The van der Waals surface area contributed by atoms with Crippen LogP contribution in [-0.2, 0) is 6.42 Å². The minimum atomic E-state index is -0.365. The molecule has 0 saturated heterocycles. The third-order valence-corrected chi connectivity index (χ3v) is 3.66. The van der Waals surface area contributed by atoms with Crippen LogP contribution in [0.2, 0.25) is 5.02 Å². The van der Waals surface area contributed by atoms with Crippen molar-refractivity contribution in [2.45, 2.75) is 26.3 Å². The quantitative estimate of drug-likeness (QED) is 0.843. The fraction of sp³-hybridized carbons (Fsp3) is 0.294. The Morgan fingerprint density at radius 2 is 1.85 bits per heavy atom. The van der Waals surface area contributed by atoms with Gasteiger partial charge in [0, 0.05) is 6.04 Å². The predicted octanol–water partition coefficient (Wildman–Crippen LogP) is 4.68. The zero-order valence-electron chi connectivity index (χ0n) is 11.8. The molecule has 0 spiro atoms. The lowest BCUT2D eigenvalue weighted by Crippen LogP contribution is -2.23. The van der Waals surface area contributed by atoms with Crippen LogP contribution in [-0.4, -0.2) is 6.54 Å². The van der Waals surface area contributed by atoms with E-state index >= 15 is 0 Å². The van der Waals surface area contributed by atoms with Gasteiger partial charge in [-0.15, -0.1) is 0 Å². The molecule has 0 bridgehead atoms. The average Bonchev–Trinajstić information content (AvgIpc) is 2.44. The predicted molar refractivity (Wildman–Crippen MR) is 82.7 cm³/mol. The molecule has 2 aromatic carbocycles. The molecule has 0 fully saturated rings. The third-order valence-electron chi connectivity index (χ3n) is 3.36. The van der Waals surface area contributed by atoms with Crippen LogP contribution in [0.4, 0.5) is 4.39 Å². The van der Waals surface area contributed by atoms with Gasteiger partial charge in [-0.2, -0.15) is 0 Å². The first kappa shape index (κ1) is 15.0. The Bertz CT molecular complexity index is 566. The Balaban J connectivity index is 2.21. The zero-order chi connectivity index (χ0) is 14.5. The summed E-state index contributed by atoms with van der Waals surface area (Å²) in [4.78, 5) is 0. The lowest BCUT2D eigenvalue weighted by molar-refractivity contribution is 0.543. The van der Waals surface area contributed by atoms with Crippen molar-refractivity contribution >= 4 is 11.6 Å². The van der Waals surface area contributed by atoms with Crippen LogP contribution in [0.1, 0.15) is 29.7 Å². The molecule has 0 amide bonds. The number of hydrogen-bond donors (Lipinski definition) is 1. The van der Waals surface area contributed by atoms with E-state index in [2.05, 4.69) is 43.4 Å². The van der Waals surface area contributed by atoms with Crippen LogP contribution >= 0.6 is 11.6 Å². The fourth-order valence-corrected chi connectivity index (χ4v) is 2.36. The van der Waals surface area contributed by atoms with E-state index in [4.69, 9.17) is 11.6 Å². The molecule has 1 atom stereocenters. The third kappa shape index (κ3) is 3.81. The van der Waals surface area contributed by atoms with Gasteiger partial charge in [0.1, 0.15) is 5.82 Å². The van der Waals surface area contributed by atoms with Gasteiger partial charge in [0.15, 0.2) is 0 Å².